The maximum atomic E-state index is 13.3. The second-order valence-corrected chi connectivity index (χ2v) is 6.80. The third-order valence-electron chi connectivity index (χ3n) is 4.75. The van der Waals surface area contributed by atoms with E-state index in [-0.39, 0.29) is 24.3 Å². The molecule has 2 heterocycles. The van der Waals surface area contributed by atoms with Crippen molar-refractivity contribution in [3.8, 4) is 0 Å². The highest BCUT2D eigenvalue weighted by Crippen LogP contribution is 2.23. The standard InChI is InChI=1S/C19H23FN4O3/c1-12(25)21-9-13-5-6-24-17(7-13)16(10-23-24)19(27)22-11-18(26)14-3-2-4-15(20)8-14/h2-4,8,10,13,18,26H,5-7,9,11H2,1H3,(H,21,25)(H,22,27). The first-order valence-corrected chi connectivity index (χ1v) is 8.95. The summed E-state index contributed by atoms with van der Waals surface area (Å²) in [5.41, 5.74) is 1.70. The van der Waals surface area contributed by atoms with Gasteiger partial charge in [-0.05, 0) is 36.5 Å². The van der Waals surface area contributed by atoms with Crippen LogP contribution in [0.3, 0.4) is 0 Å². The first-order valence-electron chi connectivity index (χ1n) is 8.95. The fourth-order valence-electron chi connectivity index (χ4n) is 3.27. The van der Waals surface area contributed by atoms with Crippen molar-refractivity contribution in [2.45, 2.75) is 32.4 Å². The summed E-state index contributed by atoms with van der Waals surface area (Å²) in [4.78, 5) is 23.6. The van der Waals surface area contributed by atoms with Gasteiger partial charge in [0.25, 0.3) is 5.91 Å². The number of aliphatic hydroxyl groups excluding tert-OH is 1. The van der Waals surface area contributed by atoms with Crippen molar-refractivity contribution in [1.29, 1.82) is 0 Å². The molecule has 3 N–H and O–H groups in total. The molecule has 2 amide bonds. The summed E-state index contributed by atoms with van der Waals surface area (Å²) in [6.45, 7) is 2.72. The molecule has 0 saturated heterocycles. The van der Waals surface area contributed by atoms with Gasteiger partial charge in [0.2, 0.25) is 5.91 Å². The van der Waals surface area contributed by atoms with E-state index in [9.17, 15) is 19.1 Å². The van der Waals surface area contributed by atoms with Gasteiger partial charge in [0.05, 0.1) is 23.6 Å². The van der Waals surface area contributed by atoms with Gasteiger partial charge in [-0.3, -0.25) is 14.3 Å². The summed E-state index contributed by atoms with van der Waals surface area (Å²) in [6, 6.07) is 5.66. The highest BCUT2D eigenvalue weighted by Gasteiger charge is 2.25. The smallest absolute Gasteiger partial charge is 0.254 e. The van der Waals surface area contributed by atoms with Crippen molar-refractivity contribution in [3.63, 3.8) is 0 Å². The van der Waals surface area contributed by atoms with E-state index in [1.807, 2.05) is 4.68 Å². The third kappa shape index (κ3) is 4.71. The number of nitrogens with zero attached hydrogens (tertiary/aromatic N) is 2. The fraction of sp³-hybridized carbons (Fsp3) is 0.421. The topological polar surface area (TPSA) is 96.2 Å². The minimum absolute atomic E-state index is 0.0256. The number of carbonyl (C=O) groups excluding carboxylic acids is 2. The van der Waals surface area contributed by atoms with Crippen LogP contribution in [-0.2, 0) is 17.8 Å². The number of halogens is 1. The highest BCUT2D eigenvalue weighted by molar-refractivity contribution is 5.95. The number of carbonyl (C=O) groups is 2. The quantitative estimate of drug-likeness (QED) is 0.708. The van der Waals surface area contributed by atoms with E-state index in [2.05, 4.69) is 15.7 Å². The number of hydrogen-bond donors (Lipinski definition) is 3. The van der Waals surface area contributed by atoms with Crippen molar-refractivity contribution < 1.29 is 19.1 Å². The Morgan fingerprint density at radius 1 is 1.41 bits per heavy atom. The summed E-state index contributed by atoms with van der Waals surface area (Å²) in [6.07, 6.45) is 2.06. The van der Waals surface area contributed by atoms with Gasteiger partial charge < -0.3 is 15.7 Å². The van der Waals surface area contributed by atoms with Gasteiger partial charge in [-0.1, -0.05) is 12.1 Å². The van der Waals surface area contributed by atoms with Crippen molar-refractivity contribution >= 4 is 11.8 Å². The van der Waals surface area contributed by atoms with E-state index >= 15 is 0 Å². The van der Waals surface area contributed by atoms with E-state index in [1.165, 1.54) is 31.3 Å². The lowest BCUT2D eigenvalue weighted by molar-refractivity contribution is -0.119. The summed E-state index contributed by atoms with van der Waals surface area (Å²) in [5.74, 6) is -0.582. The minimum Gasteiger partial charge on any atom is -0.387 e. The van der Waals surface area contributed by atoms with Crippen LogP contribution >= 0.6 is 0 Å². The number of benzene rings is 1. The number of fused-ring (bicyclic) bond motifs is 1. The maximum Gasteiger partial charge on any atom is 0.254 e. The van der Waals surface area contributed by atoms with Gasteiger partial charge in [-0.15, -0.1) is 0 Å². The predicted octanol–water partition coefficient (Wildman–Crippen LogP) is 1.18. The van der Waals surface area contributed by atoms with Gasteiger partial charge in [-0.2, -0.15) is 5.10 Å². The number of hydrogen-bond acceptors (Lipinski definition) is 4. The van der Waals surface area contributed by atoms with E-state index < -0.39 is 11.9 Å². The zero-order chi connectivity index (χ0) is 19.4. The molecule has 0 saturated carbocycles. The van der Waals surface area contributed by atoms with Crippen molar-refractivity contribution in [3.05, 3.63) is 53.1 Å². The first kappa shape index (κ1) is 19.0. The second-order valence-electron chi connectivity index (χ2n) is 6.80. The van der Waals surface area contributed by atoms with Crippen LogP contribution in [0.2, 0.25) is 0 Å². The van der Waals surface area contributed by atoms with Crippen molar-refractivity contribution in [2.24, 2.45) is 5.92 Å². The molecule has 7 nitrogen and oxygen atoms in total. The average Bonchev–Trinajstić information content (AvgIpc) is 3.07. The molecule has 0 bridgehead atoms. The molecule has 27 heavy (non-hydrogen) atoms. The van der Waals surface area contributed by atoms with E-state index in [0.717, 1.165) is 12.1 Å². The molecule has 2 aromatic rings. The van der Waals surface area contributed by atoms with Crippen LogP contribution in [0.25, 0.3) is 0 Å². The summed E-state index contributed by atoms with van der Waals surface area (Å²) in [7, 11) is 0. The van der Waals surface area contributed by atoms with Crippen LogP contribution < -0.4 is 10.6 Å². The molecule has 0 aliphatic carbocycles. The fourth-order valence-corrected chi connectivity index (χ4v) is 3.27. The van der Waals surface area contributed by atoms with E-state index in [0.29, 0.717) is 30.6 Å². The van der Waals surface area contributed by atoms with Gasteiger partial charge in [0.15, 0.2) is 0 Å². The maximum absolute atomic E-state index is 13.3. The molecule has 2 atom stereocenters. The monoisotopic (exact) mass is 374 g/mol. The lowest BCUT2D eigenvalue weighted by atomic mass is 9.94. The van der Waals surface area contributed by atoms with Crippen LogP contribution in [0.5, 0.6) is 0 Å². The molecular weight excluding hydrogens is 351 g/mol. The Morgan fingerprint density at radius 2 is 2.22 bits per heavy atom. The number of amides is 2. The Hall–Kier alpha value is -2.74. The largest absolute Gasteiger partial charge is 0.387 e. The molecule has 1 aliphatic heterocycles. The number of rotatable bonds is 6. The van der Waals surface area contributed by atoms with E-state index in [1.54, 1.807) is 6.07 Å². The Balaban J connectivity index is 1.61. The van der Waals surface area contributed by atoms with Crippen molar-refractivity contribution in [1.82, 2.24) is 20.4 Å². The lowest BCUT2D eigenvalue weighted by Crippen LogP contribution is -2.33. The number of aryl methyl sites for hydroxylation is 1. The summed E-state index contributed by atoms with van der Waals surface area (Å²) in [5, 5.41) is 19.9. The van der Waals surface area contributed by atoms with Gasteiger partial charge in [0, 0.05) is 26.6 Å². The zero-order valence-corrected chi connectivity index (χ0v) is 15.1. The predicted molar refractivity (Wildman–Crippen MR) is 96.4 cm³/mol. The minimum atomic E-state index is -0.997. The van der Waals surface area contributed by atoms with Crippen LogP contribution in [0.15, 0.2) is 30.5 Å². The average molecular weight is 374 g/mol. The van der Waals surface area contributed by atoms with Crippen LogP contribution in [0, 0.1) is 11.7 Å². The Labute approximate surface area is 156 Å². The number of nitrogens with one attached hydrogen (secondary N) is 2. The zero-order valence-electron chi connectivity index (χ0n) is 15.1. The number of aliphatic hydroxyl groups is 1. The van der Waals surface area contributed by atoms with Gasteiger partial charge in [0.1, 0.15) is 5.82 Å². The molecule has 1 aromatic carbocycles. The molecule has 1 aliphatic rings. The van der Waals surface area contributed by atoms with Crippen LogP contribution in [0.1, 0.15) is 41.1 Å². The highest BCUT2D eigenvalue weighted by atomic mass is 19.1. The Kier molecular flexibility index (Phi) is 5.85. The molecule has 0 fully saturated rings. The van der Waals surface area contributed by atoms with Crippen LogP contribution in [-0.4, -0.2) is 39.8 Å². The first-order chi connectivity index (χ1) is 12.9. The van der Waals surface area contributed by atoms with Gasteiger partial charge in [-0.25, -0.2) is 4.39 Å². The molecule has 8 heteroatoms. The van der Waals surface area contributed by atoms with Gasteiger partial charge >= 0.3 is 0 Å². The molecule has 2 unspecified atom stereocenters. The summed E-state index contributed by atoms with van der Waals surface area (Å²) >= 11 is 0. The van der Waals surface area contributed by atoms with Crippen LogP contribution in [0.4, 0.5) is 4.39 Å². The van der Waals surface area contributed by atoms with E-state index in [4.69, 9.17) is 0 Å². The molecular formula is C19H23FN4O3. The molecule has 0 radical (unpaired) electrons. The third-order valence-corrected chi connectivity index (χ3v) is 4.75. The summed E-state index contributed by atoms with van der Waals surface area (Å²) < 4.78 is 15.1. The molecule has 144 valence electrons. The Bertz CT molecular complexity index is 836. The second kappa shape index (κ2) is 8.30. The van der Waals surface area contributed by atoms with Crippen molar-refractivity contribution in [2.75, 3.05) is 13.1 Å². The molecule has 1 aromatic heterocycles. The Morgan fingerprint density at radius 3 is 2.96 bits per heavy atom. The molecule has 0 spiro atoms. The SMILES string of the molecule is CC(=O)NCC1CCn2ncc(C(=O)NCC(O)c3cccc(F)c3)c2C1. The normalized spacial score (nSPS) is 17.1. The lowest BCUT2D eigenvalue weighted by Gasteiger charge is -2.24. The number of aromatic nitrogens is 2. The molecule has 3 rings (SSSR count).